The van der Waals surface area contributed by atoms with Crippen molar-refractivity contribution in [1.82, 2.24) is 5.32 Å². The first-order valence-electron chi connectivity index (χ1n) is 7.33. The molecule has 0 bridgehead atoms. The van der Waals surface area contributed by atoms with E-state index in [0.717, 1.165) is 25.7 Å². The Morgan fingerprint density at radius 1 is 1.05 bits per heavy atom. The molecular weight excluding hydrogens is 330 g/mol. The maximum atomic E-state index is 12.1. The van der Waals surface area contributed by atoms with E-state index in [4.69, 9.17) is 4.42 Å². The summed E-state index contributed by atoms with van der Waals surface area (Å²) in [6, 6.07) is 14.3. The van der Waals surface area contributed by atoms with Gasteiger partial charge in [-0.15, -0.1) is 0 Å². The predicted molar refractivity (Wildman–Crippen MR) is 85.3 cm³/mol. The van der Waals surface area contributed by atoms with Crippen LogP contribution in [0, 0.1) is 0 Å². The van der Waals surface area contributed by atoms with Crippen LogP contribution in [0.15, 0.2) is 51.6 Å². The second-order valence-corrected chi connectivity index (χ2v) is 6.32. The fourth-order valence-corrected chi connectivity index (χ4v) is 3.30. The third-order valence-corrected chi connectivity index (χ3v) is 4.56. The quantitative estimate of drug-likeness (QED) is 0.888. The summed E-state index contributed by atoms with van der Waals surface area (Å²) in [5, 5.41) is 3.07. The van der Waals surface area contributed by atoms with Crippen molar-refractivity contribution in [3.8, 4) is 0 Å². The molecule has 1 aromatic heterocycles. The molecule has 1 amide bonds. The number of benzene rings is 1. The normalized spacial score (nSPS) is 22.0. The molecule has 0 spiro atoms. The third-order valence-electron chi connectivity index (χ3n) is 4.13. The van der Waals surface area contributed by atoms with Crippen molar-refractivity contribution in [1.29, 1.82) is 0 Å². The zero-order valence-corrected chi connectivity index (χ0v) is 13.3. The fraction of sp³-hybridized carbons (Fsp3) is 0.353. The standard InChI is InChI=1S/C17H18BrNO2/c18-16-11-10-15(21-16)17(20)19-14-8-6-13(7-9-14)12-4-2-1-3-5-12/h1-5,10-11,13-14H,6-9H2,(H,19,20). The smallest absolute Gasteiger partial charge is 0.287 e. The SMILES string of the molecule is O=C(NC1CCC(c2ccccc2)CC1)c1ccc(Br)o1. The summed E-state index contributed by atoms with van der Waals surface area (Å²) in [5.41, 5.74) is 1.41. The van der Waals surface area contributed by atoms with Gasteiger partial charge in [-0.1, -0.05) is 30.3 Å². The Kier molecular flexibility index (Phi) is 4.44. The molecule has 0 atom stereocenters. The summed E-state index contributed by atoms with van der Waals surface area (Å²) in [7, 11) is 0. The highest BCUT2D eigenvalue weighted by molar-refractivity contribution is 9.10. The van der Waals surface area contributed by atoms with E-state index in [1.165, 1.54) is 5.56 Å². The third kappa shape index (κ3) is 3.56. The van der Waals surface area contributed by atoms with Crippen molar-refractivity contribution >= 4 is 21.8 Å². The number of rotatable bonds is 3. The first-order chi connectivity index (χ1) is 10.2. The minimum absolute atomic E-state index is 0.121. The number of amides is 1. The number of carbonyl (C=O) groups excluding carboxylic acids is 1. The fourth-order valence-electron chi connectivity index (χ4n) is 2.99. The maximum Gasteiger partial charge on any atom is 0.287 e. The number of hydrogen-bond donors (Lipinski definition) is 1. The van der Waals surface area contributed by atoms with E-state index in [2.05, 4.69) is 51.6 Å². The topological polar surface area (TPSA) is 42.2 Å². The molecule has 2 aromatic rings. The molecule has 110 valence electrons. The molecule has 1 saturated carbocycles. The van der Waals surface area contributed by atoms with Gasteiger partial charge in [-0.2, -0.15) is 0 Å². The molecule has 1 aliphatic rings. The Labute approximate surface area is 132 Å². The van der Waals surface area contributed by atoms with Crippen LogP contribution in [-0.2, 0) is 0 Å². The van der Waals surface area contributed by atoms with Gasteiger partial charge in [-0.3, -0.25) is 4.79 Å². The molecule has 21 heavy (non-hydrogen) atoms. The molecule has 3 nitrogen and oxygen atoms in total. The lowest BCUT2D eigenvalue weighted by molar-refractivity contribution is 0.0896. The summed E-state index contributed by atoms with van der Waals surface area (Å²) >= 11 is 3.21. The molecule has 1 N–H and O–H groups in total. The second-order valence-electron chi connectivity index (χ2n) is 5.54. The first-order valence-corrected chi connectivity index (χ1v) is 8.13. The van der Waals surface area contributed by atoms with E-state index in [1.807, 2.05) is 0 Å². The second kappa shape index (κ2) is 6.48. The zero-order valence-electron chi connectivity index (χ0n) is 11.7. The van der Waals surface area contributed by atoms with Gasteiger partial charge >= 0.3 is 0 Å². The largest absolute Gasteiger partial charge is 0.444 e. The monoisotopic (exact) mass is 347 g/mol. The highest BCUT2D eigenvalue weighted by Gasteiger charge is 2.24. The van der Waals surface area contributed by atoms with Crippen molar-refractivity contribution < 1.29 is 9.21 Å². The van der Waals surface area contributed by atoms with Gasteiger partial charge in [0.05, 0.1) is 0 Å². The summed E-state index contributed by atoms with van der Waals surface area (Å²) in [6.45, 7) is 0. The van der Waals surface area contributed by atoms with Gasteiger partial charge in [-0.05, 0) is 65.2 Å². The lowest BCUT2D eigenvalue weighted by Gasteiger charge is -2.29. The van der Waals surface area contributed by atoms with Gasteiger partial charge in [0.2, 0.25) is 0 Å². The van der Waals surface area contributed by atoms with Gasteiger partial charge in [-0.25, -0.2) is 0 Å². The highest BCUT2D eigenvalue weighted by atomic mass is 79.9. The van der Waals surface area contributed by atoms with Crippen LogP contribution >= 0.6 is 15.9 Å². The first kappa shape index (κ1) is 14.4. The van der Waals surface area contributed by atoms with E-state index in [1.54, 1.807) is 12.1 Å². The average Bonchev–Trinajstić information content (AvgIpc) is 2.96. The molecule has 1 fully saturated rings. The summed E-state index contributed by atoms with van der Waals surface area (Å²) in [4.78, 5) is 12.1. The Morgan fingerprint density at radius 3 is 2.38 bits per heavy atom. The molecule has 4 heteroatoms. The molecule has 0 saturated heterocycles. The van der Waals surface area contributed by atoms with Crippen LogP contribution in [0.3, 0.4) is 0 Å². The summed E-state index contributed by atoms with van der Waals surface area (Å²) in [6.07, 6.45) is 4.29. The molecule has 0 unspecified atom stereocenters. The average molecular weight is 348 g/mol. The lowest BCUT2D eigenvalue weighted by atomic mass is 9.82. The maximum absolute atomic E-state index is 12.1. The van der Waals surface area contributed by atoms with Crippen LogP contribution < -0.4 is 5.32 Å². The van der Waals surface area contributed by atoms with Gasteiger partial charge in [0.15, 0.2) is 10.4 Å². The number of hydrogen-bond acceptors (Lipinski definition) is 2. The van der Waals surface area contributed by atoms with Crippen LogP contribution in [0.1, 0.15) is 47.7 Å². The molecule has 3 rings (SSSR count). The van der Waals surface area contributed by atoms with E-state index >= 15 is 0 Å². The van der Waals surface area contributed by atoms with Crippen molar-refractivity contribution in [2.24, 2.45) is 0 Å². The van der Waals surface area contributed by atoms with Gasteiger partial charge in [0, 0.05) is 6.04 Å². The van der Waals surface area contributed by atoms with Crippen LogP contribution in [0.25, 0.3) is 0 Å². The summed E-state index contributed by atoms with van der Waals surface area (Å²) < 4.78 is 5.87. The molecule has 1 aromatic carbocycles. The van der Waals surface area contributed by atoms with Gasteiger partial charge in [0.1, 0.15) is 0 Å². The minimum Gasteiger partial charge on any atom is -0.444 e. The van der Waals surface area contributed by atoms with E-state index in [0.29, 0.717) is 16.3 Å². The molecule has 0 radical (unpaired) electrons. The Morgan fingerprint density at radius 2 is 1.76 bits per heavy atom. The van der Waals surface area contributed by atoms with Crippen LogP contribution in [0.5, 0.6) is 0 Å². The lowest BCUT2D eigenvalue weighted by Crippen LogP contribution is -2.37. The highest BCUT2D eigenvalue weighted by Crippen LogP contribution is 2.32. The minimum atomic E-state index is -0.121. The van der Waals surface area contributed by atoms with Crippen molar-refractivity contribution in [2.45, 2.75) is 37.6 Å². The Balaban J connectivity index is 1.53. The van der Waals surface area contributed by atoms with E-state index in [-0.39, 0.29) is 11.9 Å². The predicted octanol–water partition coefficient (Wildman–Crippen LogP) is 4.50. The van der Waals surface area contributed by atoms with Gasteiger partial charge < -0.3 is 9.73 Å². The van der Waals surface area contributed by atoms with Crippen molar-refractivity contribution in [3.05, 3.63) is 58.5 Å². The number of nitrogens with one attached hydrogen (secondary N) is 1. The number of carbonyl (C=O) groups is 1. The van der Waals surface area contributed by atoms with Crippen LogP contribution in [0.2, 0.25) is 0 Å². The van der Waals surface area contributed by atoms with Crippen LogP contribution in [-0.4, -0.2) is 11.9 Å². The zero-order chi connectivity index (χ0) is 14.7. The molecular formula is C17H18BrNO2. The molecule has 0 aliphatic heterocycles. The Bertz CT molecular complexity index is 600. The van der Waals surface area contributed by atoms with Crippen LogP contribution in [0.4, 0.5) is 0 Å². The van der Waals surface area contributed by atoms with E-state index < -0.39 is 0 Å². The van der Waals surface area contributed by atoms with Crippen molar-refractivity contribution in [2.75, 3.05) is 0 Å². The molecule has 1 heterocycles. The van der Waals surface area contributed by atoms with Gasteiger partial charge in [0.25, 0.3) is 5.91 Å². The number of furan rings is 1. The van der Waals surface area contributed by atoms with E-state index in [9.17, 15) is 4.79 Å². The molecule has 1 aliphatic carbocycles. The summed E-state index contributed by atoms with van der Waals surface area (Å²) in [5.74, 6) is 0.869. The number of halogens is 1. The van der Waals surface area contributed by atoms with Crippen molar-refractivity contribution in [3.63, 3.8) is 0 Å². The Hall–Kier alpha value is -1.55.